The predicted molar refractivity (Wildman–Crippen MR) is 131 cm³/mol. The standard InChI is InChI=1S/C23H39NO19/c1-7(28)24-13-8(29)2-23(22(38)39,43-20(13)15(34)10(31)4-26)40-6-12-16(35)17(36)18(37)21(41-12)42-19(11(32)5-27)14(33)9(30)3-25/h3,8-21,26-27,29-37H,2,4-6H2,1H3,(H,24,28)(H,38,39)/t8-,9-,10+,11+,12-,13+,14+,15+,16-,17-,18+,19+,20+,21-,23+/m0/s1. The second-order valence-electron chi connectivity index (χ2n) is 10.2. The van der Waals surface area contributed by atoms with Gasteiger partial charge in [-0.3, -0.25) is 4.79 Å². The van der Waals surface area contributed by atoms with Crippen LogP contribution in [0, 0.1) is 0 Å². The third-order valence-corrected chi connectivity index (χ3v) is 7.02. The predicted octanol–water partition coefficient (Wildman–Crippen LogP) is -8.38. The van der Waals surface area contributed by atoms with Gasteiger partial charge in [-0.25, -0.2) is 4.79 Å². The maximum absolute atomic E-state index is 12.3. The van der Waals surface area contributed by atoms with E-state index in [0.29, 0.717) is 0 Å². The molecule has 0 aliphatic carbocycles. The average Bonchev–Trinajstić information content (AvgIpc) is 2.97. The fourth-order valence-corrected chi connectivity index (χ4v) is 4.59. The van der Waals surface area contributed by atoms with E-state index in [-0.39, 0.29) is 6.29 Å². The van der Waals surface area contributed by atoms with Crippen molar-refractivity contribution >= 4 is 18.2 Å². The molecule has 15 atom stereocenters. The first-order valence-electron chi connectivity index (χ1n) is 13.0. The number of hydrogen-bond acceptors (Lipinski definition) is 18. The smallest absolute Gasteiger partial charge is 0.364 e. The molecule has 2 aliphatic rings. The highest BCUT2D eigenvalue weighted by Gasteiger charge is 2.57. The fraction of sp³-hybridized carbons (Fsp3) is 0.870. The van der Waals surface area contributed by atoms with E-state index in [0.717, 1.165) is 6.92 Å². The van der Waals surface area contributed by atoms with E-state index in [1.54, 1.807) is 0 Å². The van der Waals surface area contributed by atoms with Gasteiger partial charge in [0.25, 0.3) is 5.79 Å². The van der Waals surface area contributed by atoms with Crippen LogP contribution in [0.2, 0.25) is 0 Å². The van der Waals surface area contributed by atoms with Crippen LogP contribution in [0.1, 0.15) is 13.3 Å². The normalized spacial score (nSPS) is 37.4. The lowest BCUT2D eigenvalue weighted by atomic mass is 9.88. The number of rotatable bonds is 15. The Morgan fingerprint density at radius 1 is 1.00 bits per heavy atom. The summed E-state index contributed by atoms with van der Waals surface area (Å²) in [7, 11) is 0. The maximum Gasteiger partial charge on any atom is 0.364 e. The quantitative estimate of drug-likeness (QED) is 0.0744. The van der Waals surface area contributed by atoms with Crippen LogP contribution in [-0.2, 0) is 33.3 Å². The number of carbonyl (C=O) groups excluding carboxylic acids is 2. The van der Waals surface area contributed by atoms with Crippen LogP contribution < -0.4 is 5.32 Å². The first-order chi connectivity index (χ1) is 20.0. The number of aliphatic hydroxyl groups is 11. The molecule has 0 unspecified atom stereocenters. The maximum atomic E-state index is 12.3. The molecule has 0 radical (unpaired) electrons. The van der Waals surface area contributed by atoms with Gasteiger partial charge in [-0.15, -0.1) is 0 Å². The molecule has 0 spiro atoms. The first-order valence-corrected chi connectivity index (χ1v) is 13.0. The second-order valence-corrected chi connectivity index (χ2v) is 10.2. The lowest BCUT2D eigenvalue weighted by Crippen LogP contribution is -2.68. The zero-order valence-corrected chi connectivity index (χ0v) is 22.7. The van der Waals surface area contributed by atoms with Gasteiger partial charge < -0.3 is 90.3 Å². The number of carbonyl (C=O) groups is 3. The van der Waals surface area contributed by atoms with Crippen molar-refractivity contribution in [2.24, 2.45) is 0 Å². The minimum Gasteiger partial charge on any atom is -0.477 e. The van der Waals surface area contributed by atoms with E-state index < -0.39 is 129 Å². The summed E-state index contributed by atoms with van der Waals surface area (Å²) >= 11 is 0. The Balaban J connectivity index is 2.33. The van der Waals surface area contributed by atoms with E-state index >= 15 is 0 Å². The summed E-state index contributed by atoms with van der Waals surface area (Å²) in [5.41, 5.74) is 0. The number of hydrogen-bond donors (Lipinski definition) is 13. The van der Waals surface area contributed by atoms with Crippen LogP contribution in [0.4, 0.5) is 0 Å². The lowest BCUT2D eigenvalue weighted by molar-refractivity contribution is -0.348. The average molecular weight is 634 g/mol. The van der Waals surface area contributed by atoms with Gasteiger partial charge in [0.15, 0.2) is 12.6 Å². The molecule has 2 aliphatic heterocycles. The molecule has 43 heavy (non-hydrogen) atoms. The molecule has 2 rings (SSSR count). The monoisotopic (exact) mass is 633 g/mol. The van der Waals surface area contributed by atoms with E-state index in [2.05, 4.69) is 5.32 Å². The molecular formula is C23H39NO19. The molecule has 250 valence electrons. The Kier molecular flexibility index (Phi) is 13.7. The van der Waals surface area contributed by atoms with Gasteiger partial charge in [-0.05, 0) is 0 Å². The number of aliphatic hydroxyl groups excluding tert-OH is 11. The summed E-state index contributed by atoms with van der Waals surface area (Å²) in [6.45, 7) is -2.09. The number of carboxylic acids is 1. The number of aliphatic carboxylic acids is 1. The van der Waals surface area contributed by atoms with Crippen molar-refractivity contribution in [3.8, 4) is 0 Å². The van der Waals surface area contributed by atoms with E-state index in [4.69, 9.17) is 18.9 Å². The minimum atomic E-state index is -2.87. The molecule has 1 amide bonds. The summed E-state index contributed by atoms with van der Waals surface area (Å²) < 4.78 is 21.4. The Hall–Kier alpha value is -1.99. The van der Waals surface area contributed by atoms with Crippen LogP contribution in [-0.4, -0.2) is 191 Å². The highest BCUT2D eigenvalue weighted by atomic mass is 16.7. The van der Waals surface area contributed by atoms with Crippen molar-refractivity contribution < 1.29 is 94.6 Å². The topological polar surface area (TPSA) is 343 Å². The fourth-order valence-electron chi connectivity index (χ4n) is 4.59. The summed E-state index contributed by atoms with van der Waals surface area (Å²) in [5, 5.41) is 123. The van der Waals surface area contributed by atoms with Crippen molar-refractivity contribution in [2.45, 2.75) is 105 Å². The third kappa shape index (κ3) is 8.59. The van der Waals surface area contributed by atoms with Crippen LogP contribution in [0.15, 0.2) is 0 Å². The van der Waals surface area contributed by atoms with Crippen LogP contribution in [0.25, 0.3) is 0 Å². The van der Waals surface area contributed by atoms with Gasteiger partial charge in [0.2, 0.25) is 5.91 Å². The number of ether oxygens (including phenoxy) is 4. The highest BCUT2D eigenvalue weighted by molar-refractivity contribution is 5.76. The van der Waals surface area contributed by atoms with E-state index in [1.807, 2.05) is 0 Å². The molecule has 20 nitrogen and oxygen atoms in total. The van der Waals surface area contributed by atoms with Crippen molar-refractivity contribution in [1.82, 2.24) is 5.32 Å². The molecule has 20 heteroatoms. The number of carboxylic acid groups (broad SMARTS) is 1. The molecule has 0 aromatic rings. The molecule has 0 aromatic carbocycles. The Bertz CT molecular complexity index is 927. The zero-order chi connectivity index (χ0) is 32.8. The Morgan fingerprint density at radius 3 is 2.12 bits per heavy atom. The van der Waals surface area contributed by atoms with Crippen molar-refractivity contribution in [1.29, 1.82) is 0 Å². The van der Waals surface area contributed by atoms with E-state index in [9.17, 15) is 75.7 Å². The summed E-state index contributed by atoms with van der Waals surface area (Å²) in [5.74, 6) is -5.51. The third-order valence-electron chi connectivity index (χ3n) is 7.02. The molecule has 0 saturated carbocycles. The van der Waals surface area contributed by atoms with Gasteiger partial charge in [-0.2, -0.15) is 0 Å². The molecular weight excluding hydrogens is 594 g/mol. The van der Waals surface area contributed by atoms with Crippen LogP contribution in [0.5, 0.6) is 0 Å². The van der Waals surface area contributed by atoms with Crippen molar-refractivity contribution in [2.75, 3.05) is 19.8 Å². The lowest BCUT2D eigenvalue weighted by Gasteiger charge is -2.47. The van der Waals surface area contributed by atoms with E-state index in [1.165, 1.54) is 0 Å². The van der Waals surface area contributed by atoms with Crippen LogP contribution >= 0.6 is 0 Å². The van der Waals surface area contributed by atoms with Crippen LogP contribution in [0.3, 0.4) is 0 Å². The SMILES string of the molecule is CC(=O)N[C@H]1[C@H]([C@H](O)[C@H](O)CO)O[C@@](OC[C@@H]2O[C@@H](O[C@@H]([C@H](O)[C@@H](O)C=O)[C@H](O)CO)[C@H](O)[C@@H](O)[C@H]2O)(C(=O)O)C[C@@H]1O. The number of aldehydes is 1. The Labute approximate surface area is 243 Å². The minimum absolute atomic E-state index is 0.122. The number of amides is 1. The van der Waals surface area contributed by atoms with Gasteiger partial charge in [0.1, 0.15) is 67.1 Å². The zero-order valence-electron chi connectivity index (χ0n) is 22.7. The molecule has 2 saturated heterocycles. The van der Waals surface area contributed by atoms with Gasteiger partial charge in [0, 0.05) is 13.3 Å². The van der Waals surface area contributed by atoms with Gasteiger partial charge >= 0.3 is 5.97 Å². The summed E-state index contributed by atoms with van der Waals surface area (Å²) in [6, 6.07) is -1.50. The molecule has 13 N–H and O–H groups in total. The molecule has 2 fully saturated rings. The highest BCUT2D eigenvalue weighted by Crippen LogP contribution is 2.35. The van der Waals surface area contributed by atoms with Crippen molar-refractivity contribution in [3.05, 3.63) is 0 Å². The number of nitrogens with one attached hydrogen (secondary N) is 1. The summed E-state index contributed by atoms with van der Waals surface area (Å²) in [4.78, 5) is 34.9. The first kappa shape index (κ1) is 37.2. The largest absolute Gasteiger partial charge is 0.477 e. The molecule has 0 bridgehead atoms. The molecule has 2 heterocycles. The van der Waals surface area contributed by atoms with Crippen molar-refractivity contribution in [3.63, 3.8) is 0 Å². The Morgan fingerprint density at radius 2 is 1.60 bits per heavy atom. The second kappa shape index (κ2) is 15.8. The van der Waals surface area contributed by atoms with Gasteiger partial charge in [0.05, 0.1) is 32.0 Å². The molecule has 0 aromatic heterocycles. The van der Waals surface area contributed by atoms with Gasteiger partial charge in [-0.1, -0.05) is 0 Å². The summed E-state index contributed by atoms with van der Waals surface area (Å²) in [6.07, 6.45) is -27.1.